The van der Waals surface area contributed by atoms with Crippen molar-refractivity contribution in [1.29, 1.82) is 0 Å². The Labute approximate surface area is 413 Å². The van der Waals surface area contributed by atoms with Crippen molar-refractivity contribution < 1.29 is 112 Å². The largest absolute Gasteiger partial charge is 0.545 e. The summed E-state index contributed by atoms with van der Waals surface area (Å²) in [5, 5.41) is 12.3. The molecule has 0 spiro atoms. The first kappa shape index (κ1) is 55.3. The number of aryl methyl sites for hydroxylation is 1. The van der Waals surface area contributed by atoms with E-state index in [-0.39, 0.29) is 10.9 Å². The molecule has 0 aliphatic carbocycles. The topological polar surface area (TPSA) is 67.8 Å². The Balaban J connectivity index is 0.000000348. The zero-order valence-electron chi connectivity index (χ0n) is 36.7. The molecule has 0 heterocycles. The van der Waals surface area contributed by atoms with Crippen LogP contribution in [0.3, 0.4) is 0 Å². The summed E-state index contributed by atoms with van der Waals surface area (Å²) >= 11 is 0. The van der Waals surface area contributed by atoms with Crippen LogP contribution in [-0.4, -0.2) is 5.97 Å². The Morgan fingerprint density at radius 2 is 0.658 bits per heavy atom. The Bertz CT molecular complexity index is 3490. The van der Waals surface area contributed by atoms with E-state index in [2.05, 4.69) is 106 Å². The predicted molar refractivity (Wildman–Crippen MR) is 221 cm³/mol. The summed E-state index contributed by atoms with van der Waals surface area (Å²) in [6, 6.07) is 29.7. The molecule has 0 fully saturated rings. The number of hydrogen-bond acceptors (Lipinski definition) is 5. The van der Waals surface area contributed by atoms with Crippen LogP contribution in [-0.2, 0) is 10.9 Å². The first-order valence-corrected chi connectivity index (χ1v) is 21.5. The highest BCUT2D eigenvalue weighted by Gasteiger charge is 2.39. The highest BCUT2D eigenvalue weighted by molar-refractivity contribution is 7.97. The van der Waals surface area contributed by atoms with Gasteiger partial charge >= 0.3 is 0 Å². The second-order valence-electron chi connectivity index (χ2n) is 14.9. The fourth-order valence-corrected chi connectivity index (χ4v) is 8.91. The molecule has 8 aromatic rings. The summed E-state index contributed by atoms with van der Waals surface area (Å²) in [7, 11) is -0.0249. The molecule has 0 atom stereocenters. The molecule has 0 amide bonds. The first-order valence-electron chi connectivity index (χ1n) is 20.2. The van der Waals surface area contributed by atoms with Crippen LogP contribution < -0.4 is 19.3 Å². The highest BCUT2D eigenvalue weighted by atomic mass is 32.2. The van der Waals surface area contributed by atoms with Crippen LogP contribution in [0.15, 0.2) is 106 Å². The number of ether oxygens (including phenoxy) is 3. The van der Waals surface area contributed by atoms with E-state index in [1.165, 1.54) is 20.2 Å². The molecule has 0 bridgehead atoms. The van der Waals surface area contributed by atoms with Crippen molar-refractivity contribution in [3.8, 4) is 45.6 Å². The third-order valence-corrected chi connectivity index (χ3v) is 12.4. The number of hydrogen-bond donors (Lipinski definition) is 0. The third-order valence-electron chi connectivity index (χ3n) is 10.2. The molecule has 8 rings (SSSR count). The van der Waals surface area contributed by atoms with Gasteiger partial charge in [0.25, 0.3) is 0 Å². The lowest BCUT2D eigenvalue weighted by atomic mass is 9.95. The lowest BCUT2D eigenvalue weighted by Gasteiger charge is -2.24. The molecule has 0 radical (unpaired) electrons. The zero-order chi connectivity index (χ0) is 55.9. The maximum Gasteiger partial charge on any atom is 0.213 e. The molecule has 76 heavy (non-hydrogen) atoms. The van der Waals surface area contributed by atoms with Crippen LogP contribution in [0.4, 0.5) is 87.8 Å². The van der Waals surface area contributed by atoms with Gasteiger partial charge in [-0.3, -0.25) is 0 Å². The van der Waals surface area contributed by atoms with Crippen molar-refractivity contribution in [2.24, 2.45) is 0 Å². The molecule has 0 aliphatic rings. The van der Waals surface area contributed by atoms with E-state index in [9.17, 15) is 88.9 Å². The fraction of sp³-hybridized carbons (Fsp3) is 0.0200. The Morgan fingerprint density at radius 3 is 1.01 bits per heavy atom. The number of benzene rings is 8. The second-order valence-corrected chi connectivity index (χ2v) is 17.0. The smallest absolute Gasteiger partial charge is 0.213 e. The predicted octanol–water partition coefficient (Wildman–Crippen LogP) is 15.0. The van der Waals surface area contributed by atoms with Crippen molar-refractivity contribution in [3.63, 3.8) is 0 Å². The molecule has 394 valence electrons. The lowest BCUT2D eigenvalue weighted by Crippen LogP contribution is -2.24. The van der Waals surface area contributed by atoms with Gasteiger partial charge in [0.05, 0.1) is 22.4 Å². The Kier molecular flexibility index (Phi) is 15.9. The Morgan fingerprint density at radius 1 is 0.342 bits per heavy atom. The van der Waals surface area contributed by atoms with Gasteiger partial charge in [-0.05, 0) is 55.0 Å². The third kappa shape index (κ3) is 9.98. The lowest BCUT2D eigenvalue weighted by molar-refractivity contribution is -0.255. The molecule has 26 heteroatoms. The van der Waals surface area contributed by atoms with Gasteiger partial charge in [-0.15, -0.1) is 0 Å². The van der Waals surface area contributed by atoms with Crippen LogP contribution in [0, 0.1) is 123 Å². The number of halogens is 20. The Hall–Kier alpha value is -8.42. The maximum atomic E-state index is 15.2. The number of carboxylic acids is 1. The maximum absolute atomic E-state index is 15.2. The van der Waals surface area contributed by atoms with E-state index in [1.54, 1.807) is 0 Å². The van der Waals surface area contributed by atoms with Gasteiger partial charge in [0.15, 0.2) is 49.5 Å². The molecule has 0 aromatic heterocycles. The van der Waals surface area contributed by atoms with E-state index in [0.29, 0.717) is 0 Å². The molecular weight excluding hydrogens is 1090 g/mol. The van der Waals surface area contributed by atoms with Crippen molar-refractivity contribution in [1.82, 2.24) is 0 Å². The van der Waals surface area contributed by atoms with E-state index >= 15 is 8.78 Å². The number of carboxylic acid groups (broad SMARTS) is 1. The van der Waals surface area contributed by atoms with Gasteiger partial charge in [-0.25, -0.2) is 61.5 Å². The van der Waals surface area contributed by atoms with Crippen LogP contribution in [0.1, 0.15) is 15.9 Å². The molecule has 0 saturated heterocycles. The molecule has 0 unspecified atom stereocenters. The normalized spacial score (nSPS) is 11.2. The van der Waals surface area contributed by atoms with Crippen LogP contribution >= 0.6 is 0 Å². The zero-order valence-corrected chi connectivity index (χ0v) is 37.5. The van der Waals surface area contributed by atoms with Gasteiger partial charge in [-0.1, -0.05) is 48.5 Å². The number of carbonyl (C=O) groups excluding carboxylic acids is 1. The van der Waals surface area contributed by atoms with Gasteiger partial charge < -0.3 is 24.1 Å². The highest BCUT2D eigenvalue weighted by Crippen LogP contribution is 2.55. The number of aromatic carboxylic acids is 1. The number of carbonyl (C=O) groups is 1. The molecule has 0 saturated carbocycles. The summed E-state index contributed by atoms with van der Waals surface area (Å²) in [6.45, 7) is 2.15. The average molecular weight is 1110 g/mol. The number of rotatable bonds is 11. The second kappa shape index (κ2) is 21.8. The quantitative estimate of drug-likeness (QED) is 0.0559. The van der Waals surface area contributed by atoms with Crippen molar-refractivity contribution >= 4 is 16.9 Å². The van der Waals surface area contributed by atoms with E-state index < -0.39 is 180 Å². The minimum atomic E-state index is -3.17. The summed E-state index contributed by atoms with van der Waals surface area (Å²) in [5.74, 6) is -81.2. The minimum absolute atomic E-state index is 0.0249. The van der Waals surface area contributed by atoms with Crippen LogP contribution in [0.25, 0.3) is 11.1 Å². The van der Waals surface area contributed by atoms with Crippen molar-refractivity contribution in [3.05, 3.63) is 218 Å². The van der Waals surface area contributed by atoms with Crippen molar-refractivity contribution in [2.45, 2.75) is 21.6 Å². The van der Waals surface area contributed by atoms with Crippen molar-refractivity contribution in [2.75, 3.05) is 0 Å². The van der Waals surface area contributed by atoms with Gasteiger partial charge in [0.1, 0.15) is 0 Å². The van der Waals surface area contributed by atoms with Gasteiger partial charge in [0, 0.05) is 11.1 Å². The summed E-state index contributed by atoms with van der Waals surface area (Å²) in [4.78, 5) is 16.4. The summed E-state index contributed by atoms with van der Waals surface area (Å²) in [6.07, 6.45) is 0. The summed E-state index contributed by atoms with van der Waals surface area (Å²) in [5.41, 5.74) is -6.39. The average Bonchev–Trinajstić information content (AvgIpc) is 3.41. The molecule has 0 aliphatic heterocycles. The monoisotopic (exact) mass is 1110 g/mol. The standard InChI is InChI=1S/C31H2F20O5.C19H17S/c32-6-5(7(33)9(35)10(36)8(6)34)4-2(31(52)53)1-3(54-28-20(46)14(40)11(37)15(41)21(28)47)26(55-29-22(48)16(42)12(38)17(43)23(29)49)27(4)56-30-24(50)18(44)13(39)19(45)25(30)51;1-16-9-8-14-19(15-16)20(17-10-4-2-5-11-17)18-12-6-3-7-13-18/h1H,(H,52,53);2-15H,1H3/q;+1/p-1. The molecule has 0 N–H and O–H groups in total. The molecular formula is C50H18F20O5S. The van der Waals surface area contributed by atoms with Gasteiger partial charge in [-0.2, -0.15) is 26.3 Å². The van der Waals surface area contributed by atoms with E-state index in [4.69, 9.17) is 0 Å². The van der Waals surface area contributed by atoms with Crippen LogP contribution in [0.2, 0.25) is 0 Å². The molecule has 5 nitrogen and oxygen atoms in total. The SMILES string of the molecule is Cc1cccc([S+](c2ccccc2)c2ccccc2)c1.O=C([O-])c1cc(Oc2c(F)c(F)c(F)c(F)c2F)c(Oc2c(F)c(F)c(F)c(F)c2F)c(Oc2c(F)c(F)c(F)c(F)c2F)c1-c1c(F)c(F)c(F)c(F)c1F. The van der Waals surface area contributed by atoms with Gasteiger partial charge in [0.2, 0.25) is 116 Å². The fourth-order valence-electron chi connectivity index (χ4n) is 6.72. The van der Waals surface area contributed by atoms with E-state index in [0.717, 1.165) is 0 Å². The minimum Gasteiger partial charge on any atom is -0.545 e. The first-order chi connectivity index (χ1) is 35.8. The summed E-state index contributed by atoms with van der Waals surface area (Å²) < 4.78 is 302. The van der Waals surface area contributed by atoms with Crippen LogP contribution in [0.5, 0.6) is 34.5 Å². The van der Waals surface area contributed by atoms with E-state index in [1.807, 2.05) is 0 Å². The molecule has 8 aromatic carbocycles.